The van der Waals surface area contributed by atoms with Crippen LogP contribution in [0.4, 0.5) is 0 Å². The molecule has 114 valence electrons. The van der Waals surface area contributed by atoms with Crippen molar-refractivity contribution in [3.63, 3.8) is 0 Å². The van der Waals surface area contributed by atoms with E-state index < -0.39 is 0 Å². The third-order valence-electron chi connectivity index (χ3n) is 3.51. The molecule has 0 aliphatic carbocycles. The van der Waals surface area contributed by atoms with Gasteiger partial charge in [0, 0.05) is 17.9 Å². The molecule has 1 unspecified atom stereocenters. The third-order valence-corrected chi connectivity index (χ3v) is 4.12. The zero-order valence-electron chi connectivity index (χ0n) is 13.1. The van der Waals surface area contributed by atoms with E-state index >= 15 is 0 Å². The summed E-state index contributed by atoms with van der Waals surface area (Å²) in [5.74, 6) is 0. The van der Waals surface area contributed by atoms with Crippen LogP contribution in [0, 0.1) is 6.92 Å². The van der Waals surface area contributed by atoms with E-state index in [-0.39, 0.29) is 6.04 Å². The third kappa shape index (κ3) is 3.52. The molecule has 0 aliphatic heterocycles. The molecule has 2 heterocycles. The number of hydrogen-bond acceptors (Lipinski definition) is 3. The summed E-state index contributed by atoms with van der Waals surface area (Å²) in [5, 5.41) is 8.14. The standard InChI is InChI=1S/C16H23BrN4/c1-5-8-19-15(13-7-6-9-18-12(13)4)16-14(17)10-20-21(16)11(2)3/h6-7,9-11,15,19H,5,8H2,1-4H3. The second-order valence-corrected chi connectivity index (χ2v) is 6.34. The molecule has 21 heavy (non-hydrogen) atoms. The van der Waals surface area contributed by atoms with Crippen LogP contribution in [-0.4, -0.2) is 21.3 Å². The number of aromatic nitrogens is 3. The van der Waals surface area contributed by atoms with Crippen molar-refractivity contribution < 1.29 is 0 Å². The van der Waals surface area contributed by atoms with Gasteiger partial charge in [0.1, 0.15) is 0 Å². The molecular weight excluding hydrogens is 328 g/mol. The first-order valence-electron chi connectivity index (χ1n) is 7.44. The van der Waals surface area contributed by atoms with Crippen molar-refractivity contribution in [3.8, 4) is 0 Å². The first-order valence-corrected chi connectivity index (χ1v) is 8.23. The van der Waals surface area contributed by atoms with Gasteiger partial charge in [-0.1, -0.05) is 13.0 Å². The van der Waals surface area contributed by atoms with Crippen molar-refractivity contribution in [2.45, 2.75) is 46.2 Å². The maximum absolute atomic E-state index is 4.51. The SMILES string of the molecule is CCCNC(c1cccnc1C)c1c(Br)cnn1C(C)C. The maximum Gasteiger partial charge on any atom is 0.0777 e. The minimum Gasteiger partial charge on any atom is -0.305 e. The summed E-state index contributed by atoms with van der Waals surface area (Å²) in [7, 11) is 0. The number of rotatable bonds is 6. The van der Waals surface area contributed by atoms with E-state index in [1.807, 2.05) is 18.5 Å². The molecule has 5 heteroatoms. The highest BCUT2D eigenvalue weighted by Gasteiger charge is 2.24. The number of halogens is 1. The molecule has 0 aromatic carbocycles. The van der Waals surface area contributed by atoms with Crippen molar-refractivity contribution in [1.29, 1.82) is 0 Å². The average Bonchev–Trinajstić information content (AvgIpc) is 2.83. The lowest BCUT2D eigenvalue weighted by atomic mass is 10.0. The Morgan fingerprint density at radius 2 is 2.14 bits per heavy atom. The van der Waals surface area contributed by atoms with Gasteiger partial charge in [-0.2, -0.15) is 5.10 Å². The van der Waals surface area contributed by atoms with Crippen LogP contribution in [0.5, 0.6) is 0 Å². The van der Waals surface area contributed by atoms with E-state index in [1.54, 1.807) is 0 Å². The molecule has 2 aromatic rings. The molecule has 0 saturated heterocycles. The molecule has 1 atom stereocenters. The van der Waals surface area contributed by atoms with E-state index in [9.17, 15) is 0 Å². The van der Waals surface area contributed by atoms with Gasteiger partial charge in [0.2, 0.25) is 0 Å². The molecule has 0 fully saturated rings. The van der Waals surface area contributed by atoms with Gasteiger partial charge in [-0.25, -0.2) is 0 Å². The molecule has 0 aliphatic rings. The van der Waals surface area contributed by atoms with Crippen LogP contribution in [0.2, 0.25) is 0 Å². The molecule has 1 N–H and O–H groups in total. The van der Waals surface area contributed by atoms with Gasteiger partial charge < -0.3 is 5.32 Å². The van der Waals surface area contributed by atoms with Crippen LogP contribution in [-0.2, 0) is 0 Å². The largest absolute Gasteiger partial charge is 0.305 e. The van der Waals surface area contributed by atoms with E-state index in [4.69, 9.17) is 0 Å². The van der Waals surface area contributed by atoms with Crippen LogP contribution in [0.1, 0.15) is 56.2 Å². The van der Waals surface area contributed by atoms with Gasteiger partial charge >= 0.3 is 0 Å². The fourth-order valence-corrected chi connectivity index (χ4v) is 2.98. The summed E-state index contributed by atoms with van der Waals surface area (Å²) in [6, 6.07) is 4.54. The minimum absolute atomic E-state index is 0.0953. The Balaban J connectivity index is 2.51. The lowest BCUT2D eigenvalue weighted by molar-refractivity contribution is 0.469. The van der Waals surface area contributed by atoms with Crippen LogP contribution in [0.3, 0.4) is 0 Å². The molecule has 0 bridgehead atoms. The number of pyridine rings is 1. The zero-order chi connectivity index (χ0) is 15.4. The van der Waals surface area contributed by atoms with E-state index in [2.05, 4.69) is 69.8 Å². The summed E-state index contributed by atoms with van der Waals surface area (Å²) in [6.45, 7) is 9.48. The molecular formula is C16H23BrN4. The van der Waals surface area contributed by atoms with E-state index in [1.165, 1.54) is 5.56 Å². The topological polar surface area (TPSA) is 42.7 Å². The highest BCUT2D eigenvalue weighted by Crippen LogP contribution is 2.31. The monoisotopic (exact) mass is 350 g/mol. The van der Waals surface area contributed by atoms with Crippen LogP contribution in [0.15, 0.2) is 29.0 Å². The van der Waals surface area contributed by atoms with Crippen molar-refractivity contribution in [3.05, 3.63) is 46.0 Å². The molecule has 0 saturated carbocycles. The second-order valence-electron chi connectivity index (χ2n) is 5.48. The van der Waals surface area contributed by atoms with Crippen LogP contribution < -0.4 is 5.32 Å². The number of nitrogens with one attached hydrogen (secondary N) is 1. The summed E-state index contributed by atoms with van der Waals surface area (Å²) >= 11 is 3.66. The van der Waals surface area contributed by atoms with Gasteiger partial charge in [0.05, 0.1) is 22.4 Å². The highest BCUT2D eigenvalue weighted by molar-refractivity contribution is 9.10. The normalized spacial score (nSPS) is 12.9. The molecule has 2 rings (SSSR count). The molecule has 0 amide bonds. The summed E-state index contributed by atoms with van der Waals surface area (Å²) in [4.78, 5) is 4.44. The Labute approximate surface area is 135 Å². The number of aryl methyl sites for hydroxylation is 1. The van der Waals surface area contributed by atoms with Crippen LogP contribution in [0.25, 0.3) is 0 Å². The number of hydrogen-bond donors (Lipinski definition) is 1. The summed E-state index contributed by atoms with van der Waals surface area (Å²) < 4.78 is 3.11. The van der Waals surface area contributed by atoms with Crippen molar-refractivity contribution in [2.24, 2.45) is 0 Å². The second kappa shape index (κ2) is 7.18. The lowest BCUT2D eigenvalue weighted by Gasteiger charge is -2.23. The van der Waals surface area contributed by atoms with Gasteiger partial charge in [-0.3, -0.25) is 9.67 Å². The fraction of sp³-hybridized carbons (Fsp3) is 0.500. The van der Waals surface area contributed by atoms with Crippen molar-refractivity contribution in [1.82, 2.24) is 20.1 Å². The lowest BCUT2D eigenvalue weighted by Crippen LogP contribution is -2.27. The highest BCUT2D eigenvalue weighted by atomic mass is 79.9. The van der Waals surface area contributed by atoms with Crippen molar-refractivity contribution >= 4 is 15.9 Å². The van der Waals surface area contributed by atoms with E-state index in [0.29, 0.717) is 6.04 Å². The van der Waals surface area contributed by atoms with Crippen molar-refractivity contribution in [2.75, 3.05) is 6.54 Å². The molecule has 2 aromatic heterocycles. The zero-order valence-corrected chi connectivity index (χ0v) is 14.7. The first-order chi connectivity index (χ1) is 10.1. The smallest absolute Gasteiger partial charge is 0.0777 e. The number of nitrogens with zero attached hydrogens (tertiary/aromatic N) is 3. The first kappa shape index (κ1) is 16.2. The summed E-state index contributed by atoms with van der Waals surface area (Å²) in [6.07, 6.45) is 4.80. The fourth-order valence-electron chi connectivity index (χ4n) is 2.48. The molecule has 0 spiro atoms. The summed E-state index contributed by atoms with van der Waals surface area (Å²) in [5.41, 5.74) is 3.41. The quantitative estimate of drug-likeness (QED) is 0.855. The van der Waals surface area contributed by atoms with Crippen LogP contribution >= 0.6 is 15.9 Å². The maximum atomic E-state index is 4.51. The van der Waals surface area contributed by atoms with Gasteiger partial charge in [0.25, 0.3) is 0 Å². The Morgan fingerprint density at radius 3 is 2.76 bits per heavy atom. The average molecular weight is 351 g/mol. The molecule has 4 nitrogen and oxygen atoms in total. The Kier molecular flexibility index (Phi) is 5.53. The predicted octanol–water partition coefficient (Wildman–Crippen LogP) is 4.02. The Morgan fingerprint density at radius 1 is 1.38 bits per heavy atom. The van der Waals surface area contributed by atoms with Gasteiger partial charge in [-0.05, 0) is 61.3 Å². The van der Waals surface area contributed by atoms with Gasteiger partial charge in [-0.15, -0.1) is 0 Å². The minimum atomic E-state index is 0.0953. The Hall–Kier alpha value is -1.20. The van der Waals surface area contributed by atoms with Gasteiger partial charge in [0.15, 0.2) is 0 Å². The molecule has 0 radical (unpaired) electrons. The van der Waals surface area contributed by atoms with E-state index in [0.717, 1.165) is 28.8 Å². The Bertz CT molecular complexity index is 592. The predicted molar refractivity (Wildman–Crippen MR) is 89.4 cm³/mol.